The van der Waals surface area contributed by atoms with Gasteiger partial charge in [0.25, 0.3) is 0 Å². The van der Waals surface area contributed by atoms with E-state index in [1.54, 1.807) is 0 Å². The van der Waals surface area contributed by atoms with Gasteiger partial charge in [-0.1, -0.05) is 61.4 Å². The van der Waals surface area contributed by atoms with Gasteiger partial charge in [-0.3, -0.25) is 4.79 Å². The Balaban J connectivity index is 1.28. The standard InChI is InChI=1S/C25H30N2O6/c28-22(24(30)31)15-27-23(29)13-3-1-2-8-14-26-25(32)33-16-21-19-11-6-4-9-17(19)18-10-5-7-12-20(18)21/h4-7,9-12,21-22,28H,1-3,8,13-16H2,(H,26,32)(H,27,29)(H,30,31). The van der Waals surface area contributed by atoms with Crippen molar-refractivity contribution in [2.75, 3.05) is 19.7 Å². The Labute approximate surface area is 193 Å². The lowest BCUT2D eigenvalue weighted by Crippen LogP contribution is -2.36. The molecule has 0 bridgehead atoms. The summed E-state index contributed by atoms with van der Waals surface area (Å²) in [5.74, 6) is -1.61. The van der Waals surface area contributed by atoms with Crippen molar-refractivity contribution in [1.29, 1.82) is 0 Å². The van der Waals surface area contributed by atoms with E-state index in [0.717, 1.165) is 19.3 Å². The molecule has 0 saturated carbocycles. The van der Waals surface area contributed by atoms with Crippen LogP contribution < -0.4 is 10.6 Å². The summed E-state index contributed by atoms with van der Waals surface area (Å²) in [5.41, 5.74) is 4.73. The number of carboxylic acid groups (broad SMARTS) is 1. The molecule has 1 aliphatic rings. The molecule has 1 atom stereocenters. The van der Waals surface area contributed by atoms with E-state index in [1.165, 1.54) is 22.3 Å². The zero-order chi connectivity index (χ0) is 23.6. The van der Waals surface area contributed by atoms with Crippen molar-refractivity contribution in [3.05, 3.63) is 59.7 Å². The van der Waals surface area contributed by atoms with Crippen molar-refractivity contribution in [3.8, 4) is 11.1 Å². The Morgan fingerprint density at radius 3 is 2.12 bits per heavy atom. The molecule has 4 N–H and O–H groups in total. The maximum absolute atomic E-state index is 12.1. The molecule has 2 aromatic carbocycles. The molecule has 8 nitrogen and oxygen atoms in total. The number of fused-ring (bicyclic) bond motifs is 3. The summed E-state index contributed by atoms with van der Waals surface area (Å²) >= 11 is 0. The number of nitrogens with one attached hydrogen (secondary N) is 2. The second-order valence-corrected chi connectivity index (χ2v) is 8.07. The zero-order valence-electron chi connectivity index (χ0n) is 18.5. The molecule has 3 rings (SSSR count). The largest absolute Gasteiger partial charge is 0.479 e. The molecule has 0 spiro atoms. The normalized spacial score (nSPS) is 13.0. The molecule has 0 aromatic heterocycles. The molecule has 2 amide bonds. The predicted molar refractivity (Wildman–Crippen MR) is 123 cm³/mol. The van der Waals surface area contributed by atoms with E-state index in [9.17, 15) is 14.4 Å². The van der Waals surface area contributed by atoms with Crippen LogP contribution in [-0.2, 0) is 14.3 Å². The van der Waals surface area contributed by atoms with Gasteiger partial charge in [0.1, 0.15) is 6.61 Å². The lowest BCUT2D eigenvalue weighted by atomic mass is 9.98. The maximum Gasteiger partial charge on any atom is 0.407 e. The molecule has 0 aliphatic heterocycles. The Morgan fingerprint density at radius 2 is 1.48 bits per heavy atom. The highest BCUT2D eigenvalue weighted by atomic mass is 16.5. The number of carbonyl (C=O) groups excluding carboxylic acids is 2. The number of benzene rings is 2. The summed E-state index contributed by atoms with van der Waals surface area (Å²) in [6.45, 7) is 0.484. The molecule has 0 saturated heterocycles. The molecule has 33 heavy (non-hydrogen) atoms. The minimum absolute atomic E-state index is 0.0332. The number of carbonyl (C=O) groups is 3. The van der Waals surface area contributed by atoms with Gasteiger partial charge in [0.05, 0.1) is 6.54 Å². The molecule has 0 radical (unpaired) electrons. The number of hydrogen-bond acceptors (Lipinski definition) is 5. The quantitative estimate of drug-likeness (QED) is 0.365. The Hall–Kier alpha value is -3.39. The fraction of sp³-hybridized carbons (Fsp3) is 0.400. The highest BCUT2D eigenvalue weighted by Crippen LogP contribution is 2.44. The molecule has 176 valence electrons. The molecule has 1 unspecified atom stereocenters. The van der Waals surface area contributed by atoms with E-state index in [-0.39, 0.29) is 31.4 Å². The number of aliphatic carboxylic acids is 1. The van der Waals surface area contributed by atoms with Crippen molar-refractivity contribution >= 4 is 18.0 Å². The first kappa shape index (κ1) is 24.3. The van der Waals surface area contributed by atoms with Crippen LogP contribution in [0.5, 0.6) is 0 Å². The number of aliphatic hydroxyl groups is 1. The molecule has 1 aliphatic carbocycles. The minimum Gasteiger partial charge on any atom is -0.479 e. The molecular formula is C25H30N2O6. The molecule has 8 heteroatoms. The van der Waals surface area contributed by atoms with Crippen molar-refractivity contribution in [2.45, 2.75) is 44.1 Å². The third kappa shape index (κ3) is 6.79. The number of alkyl carbamates (subject to hydrolysis) is 1. The van der Waals surface area contributed by atoms with Crippen LogP contribution in [0.2, 0.25) is 0 Å². The number of amides is 2. The van der Waals surface area contributed by atoms with Gasteiger partial charge in [0.15, 0.2) is 6.10 Å². The van der Waals surface area contributed by atoms with Crippen LogP contribution >= 0.6 is 0 Å². The van der Waals surface area contributed by atoms with Crippen LogP contribution in [0.15, 0.2) is 48.5 Å². The Morgan fingerprint density at radius 1 is 0.879 bits per heavy atom. The van der Waals surface area contributed by atoms with Crippen molar-refractivity contribution < 1.29 is 29.3 Å². The van der Waals surface area contributed by atoms with Crippen LogP contribution in [-0.4, -0.2) is 54.0 Å². The smallest absolute Gasteiger partial charge is 0.407 e. The van der Waals surface area contributed by atoms with Crippen LogP contribution in [0, 0.1) is 0 Å². The highest BCUT2D eigenvalue weighted by molar-refractivity contribution is 5.79. The fourth-order valence-electron chi connectivity index (χ4n) is 3.99. The van der Waals surface area contributed by atoms with Gasteiger partial charge >= 0.3 is 12.1 Å². The van der Waals surface area contributed by atoms with Gasteiger partial charge in [0, 0.05) is 18.9 Å². The Bertz CT molecular complexity index is 931. The van der Waals surface area contributed by atoms with E-state index in [4.69, 9.17) is 14.9 Å². The third-order valence-corrected chi connectivity index (χ3v) is 5.72. The number of aliphatic hydroxyl groups excluding tert-OH is 1. The topological polar surface area (TPSA) is 125 Å². The number of carboxylic acids is 1. The molecular weight excluding hydrogens is 424 g/mol. The summed E-state index contributed by atoms with van der Waals surface area (Å²) in [6.07, 6.45) is 1.32. The lowest BCUT2D eigenvalue weighted by Gasteiger charge is -2.14. The monoisotopic (exact) mass is 454 g/mol. The molecule has 2 aromatic rings. The third-order valence-electron chi connectivity index (χ3n) is 5.72. The van der Waals surface area contributed by atoms with Crippen molar-refractivity contribution in [2.24, 2.45) is 0 Å². The number of ether oxygens (including phenoxy) is 1. The van der Waals surface area contributed by atoms with Crippen LogP contribution in [0.25, 0.3) is 11.1 Å². The van der Waals surface area contributed by atoms with Gasteiger partial charge in [-0.15, -0.1) is 0 Å². The average Bonchev–Trinajstić information content (AvgIpc) is 3.14. The predicted octanol–water partition coefficient (Wildman–Crippen LogP) is 3.04. The SMILES string of the molecule is O=C(CCCCCCNC(=O)OCC1c2ccccc2-c2ccccc21)NCC(O)C(=O)O. The van der Waals surface area contributed by atoms with Gasteiger partial charge in [-0.05, 0) is 35.1 Å². The first-order valence-electron chi connectivity index (χ1n) is 11.2. The van der Waals surface area contributed by atoms with Crippen molar-refractivity contribution in [1.82, 2.24) is 10.6 Å². The average molecular weight is 455 g/mol. The first-order chi connectivity index (χ1) is 16.0. The van der Waals surface area contributed by atoms with E-state index >= 15 is 0 Å². The van der Waals surface area contributed by atoms with Crippen molar-refractivity contribution in [3.63, 3.8) is 0 Å². The van der Waals surface area contributed by atoms with Crippen LogP contribution in [0.4, 0.5) is 4.79 Å². The Kier molecular flexibility index (Phi) is 8.83. The summed E-state index contributed by atoms with van der Waals surface area (Å²) in [5, 5.41) is 22.8. The summed E-state index contributed by atoms with van der Waals surface area (Å²) in [6, 6.07) is 16.4. The van der Waals surface area contributed by atoms with Gasteiger partial charge in [-0.2, -0.15) is 0 Å². The second kappa shape index (κ2) is 12.0. The van der Waals surface area contributed by atoms with Crippen LogP contribution in [0.3, 0.4) is 0 Å². The highest BCUT2D eigenvalue weighted by Gasteiger charge is 2.28. The van der Waals surface area contributed by atoms with E-state index < -0.39 is 18.2 Å². The minimum atomic E-state index is -1.59. The molecule has 0 fully saturated rings. The first-order valence-corrected chi connectivity index (χ1v) is 11.2. The van der Waals surface area contributed by atoms with Gasteiger partial charge in [0.2, 0.25) is 5.91 Å². The van der Waals surface area contributed by atoms with Crippen LogP contribution in [0.1, 0.15) is 49.1 Å². The number of rotatable bonds is 12. The van der Waals surface area contributed by atoms with E-state index in [0.29, 0.717) is 13.0 Å². The summed E-state index contributed by atoms with van der Waals surface area (Å²) in [7, 11) is 0. The lowest BCUT2D eigenvalue weighted by molar-refractivity contribution is -0.146. The summed E-state index contributed by atoms with van der Waals surface area (Å²) < 4.78 is 5.50. The molecule has 0 heterocycles. The number of hydrogen-bond donors (Lipinski definition) is 4. The second-order valence-electron chi connectivity index (χ2n) is 8.07. The summed E-state index contributed by atoms with van der Waals surface area (Å²) in [4.78, 5) is 34.2. The van der Waals surface area contributed by atoms with Gasteiger partial charge in [-0.25, -0.2) is 9.59 Å². The van der Waals surface area contributed by atoms with E-state index in [1.807, 2.05) is 24.3 Å². The van der Waals surface area contributed by atoms with E-state index in [2.05, 4.69) is 34.9 Å². The van der Waals surface area contributed by atoms with Gasteiger partial charge < -0.3 is 25.6 Å². The fourth-order valence-corrected chi connectivity index (χ4v) is 3.99. The number of unbranched alkanes of at least 4 members (excludes halogenated alkanes) is 3. The zero-order valence-corrected chi connectivity index (χ0v) is 18.5. The maximum atomic E-state index is 12.1.